The fraction of sp³-hybridized carbons (Fsp3) is 0.0426. The predicted molar refractivity (Wildman–Crippen MR) is 211 cm³/mol. The van der Waals surface area contributed by atoms with Gasteiger partial charge in [0.05, 0.1) is 11.4 Å². The maximum absolute atomic E-state index is 6.34. The van der Waals surface area contributed by atoms with Gasteiger partial charge in [0, 0.05) is 38.1 Å². The second kappa shape index (κ2) is 13.2. The van der Waals surface area contributed by atoms with Gasteiger partial charge >= 0.3 is 0 Å². The molecule has 3 heteroatoms. The van der Waals surface area contributed by atoms with Gasteiger partial charge in [0.1, 0.15) is 22.2 Å². The highest BCUT2D eigenvalue weighted by Crippen LogP contribution is 2.32. The van der Waals surface area contributed by atoms with Crippen LogP contribution in [0.5, 0.6) is 0 Å². The largest absolute Gasteiger partial charge is 0.456 e. The van der Waals surface area contributed by atoms with Crippen LogP contribution in [0.1, 0.15) is 30.5 Å². The fourth-order valence-electron chi connectivity index (χ4n) is 6.72. The normalized spacial score (nSPS) is 13.2. The molecule has 6 aromatic carbocycles. The van der Waals surface area contributed by atoms with Crippen LogP contribution in [-0.2, 0) is 0 Å². The van der Waals surface area contributed by atoms with Crippen LogP contribution in [0, 0.1) is 0 Å². The smallest absolute Gasteiger partial charge is 0.136 e. The molecule has 0 bridgehead atoms. The van der Waals surface area contributed by atoms with Crippen molar-refractivity contribution >= 4 is 56.5 Å². The highest BCUT2D eigenvalue weighted by Gasteiger charge is 2.15. The monoisotopic (exact) mass is 645 g/mol. The minimum absolute atomic E-state index is 0.801. The lowest BCUT2D eigenvalue weighted by Crippen LogP contribution is -2.18. The van der Waals surface area contributed by atoms with E-state index in [-0.39, 0.29) is 0 Å². The number of fused-ring (bicyclic) bond motifs is 4. The molecule has 0 radical (unpaired) electrons. The molecule has 8 aromatic rings. The molecular weight excluding hydrogens is 611 g/mol. The first-order valence-electron chi connectivity index (χ1n) is 16.9. The molecule has 0 atom stereocenters. The van der Waals surface area contributed by atoms with Crippen molar-refractivity contribution in [3.8, 4) is 22.3 Å². The molecule has 2 aromatic heterocycles. The van der Waals surface area contributed by atoms with Gasteiger partial charge in [0.15, 0.2) is 0 Å². The molecule has 0 aliphatic carbocycles. The number of rotatable bonds is 7. The molecule has 0 fully saturated rings. The summed E-state index contributed by atoms with van der Waals surface area (Å²) >= 11 is 0. The van der Waals surface area contributed by atoms with Gasteiger partial charge < -0.3 is 8.83 Å². The Morgan fingerprint density at radius 3 is 1.94 bits per heavy atom. The van der Waals surface area contributed by atoms with E-state index in [1.807, 2.05) is 50.3 Å². The van der Waals surface area contributed by atoms with E-state index in [1.54, 1.807) is 6.08 Å². The quantitative estimate of drug-likeness (QED) is 0.162. The summed E-state index contributed by atoms with van der Waals surface area (Å²) in [6.45, 7) is 7.93. The zero-order valence-corrected chi connectivity index (χ0v) is 28.1. The molecule has 0 spiro atoms. The van der Waals surface area contributed by atoms with Crippen molar-refractivity contribution in [2.75, 3.05) is 0 Å². The molecule has 8 rings (SSSR count). The standard InChI is InChI=1S/C47H35NO2/c1-4-13-38-40-27-25-37(30-46(40)49-43(38)6-3)47(48-42(5-2)35-24-26-41-39-18-10-11-19-44(39)50-45(41)29-35)36-17-12-16-34(28-36)33-22-20-32(21-23-33)31-14-8-7-9-15-31/h4-30H,1H2,2-3H3/b38-13-,42-5-,43-6+,48-47?. The number of aliphatic imine (C=N–C) groups is 1. The molecule has 0 unspecified atom stereocenters. The summed E-state index contributed by atoms with van der Waals surface area (Å²) in [4.78, 5) is 5.41. The number of hydrogen-bond donors (Lipinski definition) is 0. The topological polar surface area (TPSA) is 38.6 Å². The first-order valence-corrected chi connectivity index (χ1v) is 16.9. The lowest BCUT2D eigenvalue weighted by atomic mass is 9.95. The van der Waals surface area contributed by atoms with E-state index in [2.05, 4.69) is 128 Å². The van der Waals surface area contributed by atoms with E-state index in [9.17, 15) is 0 Å². The zero-order chi connectivity index (χ0) is 34.0. The Labute approximate surface area is 291 Å². The molecule has 50 heavy (non-hydrogen) atoms. The SMILES string of the molecule is C=C/C=c1\c(=C/C)oc2cc(C(=N/C(=C\C)c3ccc4c(c3)oc3ccccc34)c3cccc(-c4ccc(-c5ccccc5)cc4)c3)ccc12. The summed E-state index contributed by atoms with van der Waals surface area (Å²) in [7, 11) is 0. The van der Waals surface area contributed by atoms with Crippen LogP contribution in [0.4, 0.5) is 0 Å². The Hall–Kier alpha value is -6.45. The van der Waals surface area contributed by atoms with E-state index >= 15 is 0 Å². The van der Waals surface area contributed by atoms with Crippen LogP contribution < -0.4 is 10.6 Å². The summed E-state index contributed by atoms with van der Waals surface area (Å²) in [5, 5.41) is 4.26. The summed E-state index contributed by atoms with van der Waals surface area (Å²) in [6.07, 6.45) is 7.84. The Balaban J connectivity index is 1.27. The summed E-state index contributed by atoms with van der Waals surface area (Å²) in [5.41, 5.74) is 12.6. The highest BCUT2D eigenvalue weighted by molar-refractivity contribution is 6.16. The second-order valence-corrected chi connectivity index (χ2v) is 12.2. The van der Waals surface area contributed by atoms with Crippen LogP contribution in [0.25, 0.3) is 73.0 Å². The lowest BCUT2D eigenvalue weighted by Gasteiger charge is -2.12. The molecule has 240 valence electrons. The number of hydrogen-bond acceptors (Lipinski definition) is 3. The van der Waals surface area contributed by atoms with Crippen molar-refractivity contribution in [3.05, 3.63) is 186 Å². The van der Waals surface area contributed by atoms with Gasteiger partial charge in [0.25, 0.3) is 0 Å². The van der Waals surface area contributed by atoms with Gasteiger partial charge in [-0.3, -0.25) is 0 Å². The van der Waals surface area contributed by atoms with Gasteiger partial charge in [-0.25, -0.2) is 4.99 Å². The van der Waals surface area contributed by atoms with E-state index in [4.69, 9.17) is 13.8 Å². The minimum Gasteiger partial charge on any atom is -0.456 e. The summed E-state index contributed by atoms with van der Waals surface area (Å²) in [5.74, 6) is 0. The summed E-state index contributed by atoms with van der Waals surface area (Å²) < 4.78 is 12.6. The molecule has 2 heterocycles. The average molecular weight is 646 g/mol. The first kappa shape index (κ1) is 30.9. The van der Waals surface area contributed by atoms with Crippen molar-refractivity contribution in [1.82, 2.24) is 0 Å². The molecule has 0 aliphatic heterocycles. The van der Waals surface area contributed by atoms with E-state index < -0.39 is 0 Å². The average Bonchev–Trinajstić information content (AvgIpc) is 3.73. The van der Waals surface area contributed by atoms with Gasteiger partial charge in [-0.05, 0) is 78.6 Å². The number of allylic oxidation sites excluding steroid dienone is 2. The van der Waals surface area contributed by atoms with E-state index in [1.165, 1.54) is 11.1 Å². The third-order valence-corrected chi connectivity index (χ3v) is 9.22. The number of para-hydroxylation sites is 1. The predicted octanol–water partition coefficient (Wildman–Crippen LogP) is 11.3. The van der Waals surface area contributed by atoms with Crippen molar-refractivity contribution in [1.29, 1.82) is 0 Å². The zero-order valence-electron chi connectivity index (χ0n) is 28.1. The molecule has 3 nitrogen and oxygen atoms in total. The molecule has 0 N–H and O–H groups in total. The Kier molecular flexibility index (Phi) is 8.16. The summed E-state index contributed by atoms with van der Waals surface area (Å²) in [6, 6.07) is 48.7. The highest BCUT2D eigenvalue weighted by atomic mass is 16.3. The second-order valence-electron chi connectivity index (χ2n) is 12.2. The van der Waals surface area contributed by atoms with E-state index in [0.717, 1.165) is 82.8 Å². The van der Waals surface area contributed by atoms with Gasteiger partial charge in [-0.2, -0.15) is 0 Å². The van der Waals surface area contributed by atoms with Crippen LogP contribution in [0.3, 0.4) is 0 Å². The van der Waals surface area contributed by atoms with Gasteiger partial charge in [-0.1, -0.05) is 128 Å². The molecular formula is C47H35NO2. The number of furan rings is 2. The third kappa shape index (κ3) is 5.69. The molecule has 0 saturated carbocycles. The van der Waals surface area contributed by atoms with Crippen LogP contribution >= 0.6 is 0 Å². The van der Waals surface area contributed by atoms with Gasteiger partial charge in [0.2, 0.25) is 0 Å². The van der Waals surface area contributed by atoms with Crippen molar-refractivity contribution in [3.63, 3.8) is 0 Å². The Morgan fingerprint density at radius 2 is 1.16 bits per heavy atom. The Bertz CT molecular complexity index is 2720. The third-order valence-electron chi connectivity index (χ3n) is 9.22. The maximum Gasteiger partial charge on any atom is 0.136 e. The maximum atomic E-state index is 6.34. The van der Waals surface area contributed by atoms with Crippen LogP contribution in [-0.4, -0.2) is 5.71 Å². The molecule has 0 aliphatic rings. The Morgan fingerprint density at radius 1 is 0.540 bits per heavy atom. The van der Waals surface area contributed by atoms with Crippen molar-refractivity contribution in [2.24, 2.45) is 4.99 Å². The molecule has 0 saturated heterocycles. The number of benzene rings is 6. The fourth-order valence-corrected chi connectivity index (χ4v) is 6.72. The van der Waals surface area contributed by atoms with Gasteiger partial charge in [-0.15, -0.1) is 0 Å². The van der Waals surface area contributed by atoms with Crippen LogP contribution in [0.15, 0.2) is 172 Å². The molecule has 0 amide bonds. The van der Waals surface area contributed by atoms with E-state index in [0.29, 0.717) is 0 Å². The lowest BCUT2D eigenvalue weighted by molar-refractivity contribution is 0.575. The van der Waals surface area contributed by atoms with Crippen LogP contribution in [0.2, 0.25) is 0 Å². The number of nitrogens with zero attached hydrogens (tertiary/aromatic N) is 1. The van der Waals surface area contributed by atoms with Crippen molar-refractivity contribution in [2.45, 2.75) is 13.8 Å². The first-order chi connectivity index (χ1) is 24.6. The minimum atomic E-state index is 0.801. The van der Waals surface area contributed by atoms with Crippen molar-refractivity contribution < 1.29 is 8.83 Å².